The van der Waals surface area contributed by atoms with Crippen molar-refractivity contribution in [2.75, 3.05) is 12.4 Å². The van der Waals surface area contributed by atoms with E-state index >= 15 is 0 Å². The van der Waals surface area contributed by atoms with Crippen LogP contribution in [0.3, 0.4) is 0 Å². The van der Waals surface area contributed by atoms with E-state index in [9.17, 15) is 0 Å². The van der Waals surface area contributed by atoms with Gasteiger partial charge in [0, 0.05) is 4.75 Å². The van der Waals surface area contributed by atoms with Crippen LogP contribution in [-0.2, 0) is 4.74 Å². The molecule has 98 valence electrons. The third-order valence-corrected chi connectivity index (χ3v) is 4.94. The Bertz CT molecular complexity index is 391. The Kier molecular flexibility index (Phi) is 4.76. The second-order valence-corrected chi connectivity index (χ2v) is 6.92. The van der Waals surface area contributed by atoms with Gasteiger partial charge in [0.2, 0.25) is 0 Å². The fourth-order valence-corrected chi connectivity index (χ4v) is 3.50. The van der Waals surface area contributed by atoms with Crippen LogP contribution in [0.2, 0.25) is 0 Å². The van der Waals surface area contributed by atoms with Crippen molar-refractivity contribution in [1.82, 2.24) is 0 Å². The first-order valence-electron chi connectivity index (χ1n) is 6.67. The molecule has 1 nitrogen and oxygen atoms in total. The van der Waals surface area contributed by atoms with Crippen LogP contribution >= 0.6 is 11.8 Å². The third-order valence-electron chi connectivity index (χ3n) is 3.43. The minimum Gasteiger partial charge on any atom is -0.499 e. The number of rotatable bonds is 4. The van der Waals surface area contributed by atoms with Gasteiger partial charge in [-0.05, 0) is 43.6 Å². The summed E-state index contributed by atoms with van der Waals surface area (Å²) in [5, 5.41) is 0. The van der Waals surface area contributed by atoms with E-state index in [1.54, 1.807) is 0 Å². The molecule has 1 aliphatic heterocycles. The maximum absolute atomic E-state index is 5.81. The van der Waals surface area contributed by atoms with Crippen molar-refractivity contribution in [3.8, 4) is 0 Å². The number of hydrogen-bond donors (Lipinski definition) is 0. The first-order chi connectivity index (χ1) is 8.70. The first-order valence-corrected chi connectivity index (χ1v) is 7.66. The van der Waals surface area contributed by atoms with Gasteiger partial charge in [-0.1, -0.05) is 36.8 Å². The Morgan fingerprint density at radius 1 is 1.33 bits per heavy atom. The van der Waals surface area contributed by atoms with Crippen molar-refractivity contribution in [3.05, 3.63) is 42.2 Å². The summed E-state index contributed by atoms with van der Waals surface area (Å²) in [6.07, 6.45) is 5.89. The molecule has 0 radical (unpaired) electrons. The molecule has 1 heterocycles. The standard InChI is InChI=1S/C16H22OS/c1-14(15-8-4-3-5-9-15)12-17-13-16(2)10-6-7-11-18-16/h3-5,8-9,12H,6-7,10-11,13H2,1-2H3/b14-12-. The monoisotopic (exact) mass is 262 g/mol. The summed E-state index contributed by atoms with van der Waals surface area (Å²) < 4.78 is 6.12. The van der Waals surface area contributed by atoms with E-state index in [0.717, 1.165) is 6.61 Å². The van der Waals surface area contributed by atoms with Crippen LogP contribution in [0.15, 0.2) is 36.6 Å². The van der Waals surface area contributed by atoms with E-state index in [2.05, 4.69) is 49.9 Å². The molecule has 0 aliphatic carbocycles. The lowest BCUT2D eigenvalue weighted by molar-refractivity contribution is 0.211. The quantitative estimate of drug-likeness (QED) is 0.725. The van der Waals surface area contributed by atoms with Crippen LogP contribution in [0.1, 0.15) is 38.7 Å². The summed E-state index contributed by atoms with van der Waals surface area (Å²) in [6, 6.07) is 10.4. The molecule has 1 aromatic carbocycles. The molecule has 1 saturated heterocycles. The lowest BCUT2D eigenvalue weighted by atomic mass is 10.0. The Morgan fingerprint density at radius 2 is 2.11 bits per heavy atom. The molecule has 1 unspecified atom stereocenters. The maximum atomic E-state index is 5.81. The van der Waals surface area contributed by atoms with Gasteiger partial charge in [0.15, 0.2) is 0 Å². The van der Waals surface area contributed by atoms with Crippen LogP contribution in [0.5, 0.6) is 0 Å². The van der Waals surface area contributed by atoms with Gasteiger partial charge in [0.1, 0.15) is 6.61 Å². The van der Waals surface area contributed by atoms with Gasteiger partial charge in [-0.3, -0.25) is 0 Å². The molecule has 0 N–H and O–H groups in total. The second kappa shape index (κ2) is 6.33. The molecular formula is C16H22OS. The first kappa shape index (κ1) is 13.5. The number of benzene rings is 1. The van der Waals surface area contributed by atoms with Crippen LogP contribution < -0.4 is 0 Å². The average Bonchev–Trinajstić information content (AvgIpc) is 2.40. The van der Waals surface area contributed by atoms with Crippen molar-refractivity contribution < 1.29 is 4.74 Å². The predicted molar refractivity (Wildman–Crippen MR) is 80.8 cm³/mol. The van der Waals surface area contributed by atoms with Crippen LogP contribution in [0, 0.1) is 0 Å². The molecule has 1 aromatic rings. The summed E-state index contributed by atoms with van der Waals surface area (Å²) in [6.45, 7) is 5.25. The van der Waals surface area contributed by atoms with E-state index in [0.29, 0.717) is 4.75 Å². The number of allylic oxidation sites excluding steroid dienone is 1. The molecule has 2 heteroatoms. The zero-order valence-corrected chi connectivity index (χ0v) is 12.1. The molecule has 1 aliphatic rings. The minimum absolute atomic E-state index is 0.311. The zero-order valence-electron chi connectivity index (χ0n) is 11.3. The van der Waals surface area contributed by atoms with Crippen molar-refractivity contribution in [1.29, 1.82) is 0 Å². The number of hydrogen-bond acceptors (Lipinski definition) is 2. The molecule has 1 fully saturated rings. The molecule has 0 bridgehead atoms. The SMILES string of the molecule is C/C(=C/OCC1(C)CCCCS1)c1ccccc1. The van der Waals surface area contributed by atoms with Crippen LogP contribution in [0.4, 0.5) is 0 Å². The summed E-state index contributed by atoms with van der Waals surface area (Å²) >= 11 is 2.06. The Morgan fingerprint density at radius 3 is 2.78 bits per heavy atom. The molecule has 1 atom stereocenters. The largest absolute Gasteiger partial charge is 0.499 e. The average molecular weight is 262 g/mol. The van der Waals surface area contributed by atoms with Crippen molar-refractivity contribution in [2.24, 2.45) is 0 Å². The second-order valence-electron chi connectivity index (χ2n) is 5.23. The highest BCUT2D eigenvalue weighted by molar-refractivity contribution is 8.00. The Balaban J connectivity index is 1.87. The van der Waals surface area contributed by atoms with Crippen molar-refractivity contribution >= 4 is 17.3 Å². The molecular weight excluding hydrogens is 240 g/mol. The molecule has 0 aromatic heterocycles. The topological polar surface area (TPSA) is 9.23 Å². The highest BCUT2D eigenvalue weighted by Crippen LogP contribution is 2.36. The fraction of sp³-hybridized carbons (Fsp3) is 0.500. The van der Waals surface area contributed by atoms with E-state index in [4.69, 9.17) is 4.74 Å². The van der Waals surface area contributed by atoms with Crippen LogP contribution in [-0.4, -0.2) is 17.1 Å². The number of ether oxygens (including phenoxy) is 1. The van der Waals surface area contributed by atoms with Gasteiger partial charge < -0.3 is 4.74 Å². The lowest BCUT2D eigenvalue weighted by Crippen LogP contribution is -2.29. The van der Waals surface area contributed by atoms with Gasteiger partial charge in [0.05, 0.1) is 6.26 Å². The van der Waals surface area contributed by atoms with Crippen molar-refractivity contribution in [2.45, 2.75) is 37.9 Å². The Labute approximate surface area is 115 Å². The van der Waals surface area contributed by atoms with E-state index in [1.807, 2.05) is 12.3 Å². The number of thioether (sulfide) groups is 1. The van der Waals surface area contributed by atoms with Gasteiger partial charge >= 0.3 is 0 Å². The summed E-state index contributed by atoms with van der Waals surface area (Å²) in [5.41, 5.74) is 2.43. The van der Waals surface area contributed by atoms with Gasteiger partial charge in [-0.25, -0.2) is 0 Å². The summed E-state index contributed by atoms with van der Waals surface area (Å²) in [4.78, 5) is 0. The van der Waals surface area contributed by atoms with Crippen molar-refractivity contribution in [3.63, 3.8) is 0 Å². The zero-order chi connectivity index (χ0) is 12.8. The highest BCUT2D eigenvalue weighted by Gasteiger charge is 2.27. The maximum Gasteiger partial charge on any atom is 0.102 e. The van der Waals surface area contributed by atoms with E-state index in [-0.39, 0.29) is 0 Å². The molecule has 0 amide bonds. The van der Waals surface area contributed by atoms with Gasteiger partial charge in [-0.2, -0.15) is 11.8 Å². The van der Waals surface area contributed by atoms with Gasteiger partial charge in [-0.15, -0.1) is 0 Å². The van der Waals surface area contributed by atoms with E-state index in [1.165, 1.54) is 36.2 Å². The van der Waals surface area contributed by atoms with Gasteiger partial charge in [0.25, 0.3) is 0 Å². The Hall–Kier alpha value is -0.890. The minimum atomic E-state index is 0.311. The summed E-state index contributed by atoms with van der Waals surface area (Å²) in [5.74, 6) is 1.28. The highest BCUT2D eigenvalue weighted by atomic mass is 32.2. The predicted octanol–water partition coefficient (Wildman–Crippen LogP) is 4.74. The lowest BCUT2D eigenvalue weighted by Gasteiger charge is -2.32. The molecule has 18 heavy (non-hydrogen) atoms. The normalized spacial score (nSPS) is 24.9. The smallest absolute Gasteiger partial charge is 0.102 e. The van der Waals surface area contributed by atoms with E-state index < -0.39 is 0 Å². The molecule has 2 rings (SSSR count). The molecule has 0 spiro atoms. The summed E-state index contributed by atoms with van der Waals surface area (Å²) in [7, 11) is 0. The fourth-order valence-electron chi connectivity index (χ4n) is 2.22. The van der Waals surface area contributed by atoms with Crippen LogP contribution in [0.25, 0.3) is 5.57 Å². The third kappa shape index (κ3) is 3.81. The molecule has 0 saturated carbocycles.